The molecule has 0 radical (unpaired) electrons. The molecule has 0 bridgehead atoms. The van der Waals surface area contributed by atoms with Crippen molar-refractivity contribution >= 4 is 53.7 Å². The van der Waals surface area contributed by atoms with Crippen LogP contribution in [0.3, 0.4) is 0 Å². The average Bonchev–Trinajstić information content (AvgIpc) is 2.96. The molecule has 132 valence electrons. The molecular formula is C15H11BrF2N2O3S2. The fourth-order valence-corrected chi connectivity index (χ4v) is 4.38. The van der Waals surface area contributed by atoms with Gasteiger partial charge in [0.05, 0.1) is 15.7 Å². The summed E-state index contributed by atoms with van der Waals surface area (Å²) in [5, 5.41) is 0.347. The topological polar surface area (TPSA) is 85.0 Å². The zero-order valence-electron chi connectivity index (χ0n) is 12.6. The van der Waals surface area contributed by atoms with Crippen LogP contribution < -0.4 is 4.72 Å². The molecule has 3 aromatic rings. The number of hydrogen-bond donors (Lipinski definition) is 2. The molecule has 1 aromatic heterocycles. The third kappa shape index (κ3) is 3.52. The Balaban J connectivity index is 2.03. The Morgan fingerprint density at radius 3 is 2.60 bits per heavy atom. The Kier molecular flexibility index (Phi) is 4.80. The van der Waals surface area contributed by atoms with E-state index in [0.717, 1.165) is 12.1 Å². The van der Waals surface area contributed by atoms with Crippen LogP contribution in [-0.2, 0) is 21.2 Å². The van der Waals surface area contributed by atoms with Gasteiger partial charge in [0.2, 0.25) is 0 Å². The van der Waals surface area contributed by atoms with E-state index >= 15 is 0 Å². The third-order valence-electron chi connectivity index (χ3n) is 3.49. The summed E-state index contributed by atoms with van der Waals surface area (Å²) < 4.78 is 66.0. The van der Waals surface area contributed by atoms with E-state index in [-0.39, 0.29) is 9.37 Å². The van der Waals surface area contributed by atoms with Crippen molar-refractivity contribution in [2.75, 3.05) is 11.0 Å². The van der Waals surface area contributed by atoms with Crippen molar-refractivity contribution in [2.24, 2.45) is 0 Å². The predicted octanol–water partition coefficient (Wildman–Crippen LogP) is 3.75. The van der Waals surface area contributed by atoms with Crippen molar-refractivity contribution in [2.45, 2.75) is 9.79 Å². The van der Waals surface area contributed by atoms with Gasteiger partial charge >= 0.3 is 0 Å². The SMILES string of the molecule is C[S+]([O-])c1ccc2c(S(=O)(=O)Nc3cc(F)c(Br)cc3F)c[nH]c2c1. The normalized spacial score (nSPS) is 13.2. The molecule has 25 heavy (non-hydrogen) atoms. The number of hydrogen-bond acceptors (Lipinski definition) is 3. The molecule has 10 heteroatoms. The van der Waals surface area contributed by atoms with Crippen LogP contribution in [0, 0.1) is 11.6 Å². The van der Waals surface area contributed by atoms with Crippen LogP contribution in [0.25, 0.3) is 10.9 Å². The van der Waals surface area contributed by atoms with E-state index < -0.39 is 38.5 Å². The van der Waals surface area contributed by atoms with Gasteiger partial charge in [-0.15, -0.1) is 0 Å². The summed E-state index contributed by atoms with van der Waals surface area (Å²) in [5.41, 5.74) is -0.0307. The van der Waals surface area contributed by atoms with Crippen LogP contribution in [0.4, 0.5) is 14.5 Å². The van der Waals surface area contributed by atoms with E-state index in [4.69, 9.17) is 0 Å². The molecule has 0 spiro atoms. The molecule has 0 amide bonds. The minimum atomic E-state index is -4.16. The lowest BCUT2D eigenvalue weighted by atomic mass is 10.2. The van der Waals surface area contributed by atoms with Gasteiger partial charge in [-0.2, -0.15) is 0 Å². The number of fused-ring (bicyclic) bond motifs is 1. The highest BCUT2D eigenvalue weighted by atomic mass is 79.9. The van der Waals surface area contributed by atoms with Gasteiger partial charge in [-0.1, -0.05) is 0 Å². The number of rotatable bonds is 4. The van der Waals surface area contributed by atoms with Gasteiger partial charge in [-0.3, -0.25) is 4.72 Å². The summed E-state index contributed by atoms with van der Waals surface area (Å²) in [6.45, 7) is 0. The summed E-state index contributed by atoms with van der Waals surface area (Å²) in [4.78, 5) is 3.19. The summed E-state index contributed by atoms with van der Waals surface area (Å²) in [6, 6.07) is 6.22. The van der Waals surface area contributed by atoms with Crippen molar-refractivity contribution < 1.29 is 21.8 Å². The van der Waals surface area contributed by atoms with Crippen LogP contribution in [0.15, 0.2) is 50.8 Å². The van der Waals surface area contributed by atoms with Crippen molar-refractivity contribution in [3.8, 4) is 0 Å². The van der Waals surface area contributed by atoms with Gasteiger partial charge in [0.25, 0.3) is 10.0 Å². The van der Waals surface area contributed by atoms with Gasteiger partial charge in [-0.05, 0) is 45.3 Å². The minimum Gasteiger partial charge on any atom is -0.612 e. The lowest BCUT2D eigenvalue weighted by Crippen LogP contribution is -2.14. The lowest BCUT2D eigenvalue weighted by Gasteiger charge is -2.09. The molecule has 0 aliphatic heterocycles. The number of anilines is 1. The minimum absolute atomic E-state index is 0.111. The number of benzene rings is 2. The average molecular weight is 449 g/mol. The van der Waals surface area contributed by atoms with Crippen molar-refractivity contribution in [1.82, 2.24) is 4.98 Å². The highest BCUT2D eigenvalue weighted by molar-refractivity contribution is 9.10. The van der Waals surface area contributed by atoms with Gasteiger partial charge in [0, 0.05) is 23.7 Å². The maximum atomic E-state index is 13.9. The number of H-pyrrole nitrogens is 1. The monoisotopic (exact) mass is 448 g/mol. The Hall–Kier alpha value is -1.62. The maximum Gasteiger partial charge on any atom is 0.264 e. The fraction of sp³-hybridized carbons (Fsp3) is 0.0667. The second-order valence-corrected chi connectivity index (χ2v) is 9.05. The van der Waals surface area contributed by atoms with Gasteiger partial charge in [-0.25, -0.2) is 17.2 Å². The number of aromatic nitrogens is 1. The first-order valence-corrected chi connectivity index (χ1v) is 10.6. The van der Waals surface area contributed by atoms with E-state index in [0.29, 0.717) is 15.8 Å². The van der Waals surface area contributed by atoms with Gasteiger partial charge in [0.1, 0.15) is 22.8 Å². The van der Waals surface area contributed by atoms with E-state index in [2.05, 4.69) is 20.9 Å². The van der Waals surface area contributed by atoms with Crippen LogP contribution in [0.5, 0.6) is 0 Å². The van der Waals surface area contributed by atoms with Crippen LogP contribution >= 0.6 is 15.9 Å². The summed E-state index contributed by atoms with van der Waals surface area (Å²) >= 11 is 1.61. The molecule has 2 N–H and O–H groups in total. The molecular weight excluding hydrogens is 438 g/mol. The molecule has 0 saturated heterocycles. The standard InChI is InChI=1S/C15H11BrF2N2O3S2/c1-24(21)8-2-3-9-13(4-8)19-7-15(9)25(22,23)20-14-6-11(17)10(16)5-12(14)18/h2-7,19-20H,1H3. The molecule has 1 unspecified atom stereocenters. The van der Waals surface area contributed by atoms with Crippen molar-refractivity contribution in [3.05, 3.63) is 52.6 Å². The highest BCUT2D eigenvalue weighted by Gasteiger charge is 2.22. The van der Waals surface area contributed by atoms with Gasteiger partial charge in [0.15, 0.2) is 4.90 Å². The first-order valence-electron chi connectivity index (χ1n) is 6.81. The maximum absolute atomic E-state index is 13.9. The molecule has 0 aliphatic carbocycles. The lowest BCUT2D eigenvalue weighted by molar-refractivity contribution is 0.592. The van der Waals surface area contributed by atoms with Crippen molar-refractivity contribution in [1.29, 1.82) is 0 Å². The van der Waals surface area contributed by atoms with E-state index in [1.807, 2.05) is 4.72 Å². The largest absolute Gasteiger partial charge is 0.612 e. The first kappa shape index (κ1) is 18.2. The summed E-state index contributed by atoms with van der Waals surface area (Å²) in [7, 11) is -4.16. The quantitative estimate of drug-likeness (QED) is 0.470. The molecule has 2 aromatic carbocycles. The van der Waals surface area contributed by atoms with E-state index in [1.165, 1.54) is 18.5 Å². The second-order valence-electron chi connectivity index (χ2n) is 5.17. The number of sulfonamides is 1. The smallest absolute Gasteiger partial charge is 0.264 e. The van der Waals surface area contributed by atoms with Crippen LogP contribution in [0.2, 0.25) is 0 Å². The van der Waals surface area contributed by atoms with Crippen molar-refractivity contribution in [3.63, 3.8) is 0 Å². The molecule has 0 aliphatic rings. The molecule has 1 heterocycles. The first-order chi connectivity index (χ1) is 11.7. The van der Waals surface area contributed by atoms with Gasteiger partial charge < -0.3 is 9.54 Å². The number of halogens is 3. The predicted molar refractivity (Wildman–Crippen MR) is 95.5 cm³/mol. The fourth-order valence-electron chi connectivity index (χ4n) is 2.28. The molecule has 0 fully saturated rings. The highest BCUT2D eigenvalue weighted by Crippen LogP contribution is 2.29. The third-order valence-corrected chi connectivity index (χ3v) is 6.42. The van der Waals surface area contributed by atoms with Crippen LogP contribution in [-0.4, -0.2) is 24.2 Å². The van der Waals surface area contributed by atoms with E-state index in [1.54, 1.807) is 12.1 Å². The summed E-state index contributed by atoms with van der Waals surface area (Å²) in [5.74, 6) is -1.71. The Bertz CT molecular complexity index is 1070. The summed E-state index contributed by atoms with van der Waals surface area (Å²) in [6.07, 6.45) is 2.75. The second kappa shape index (κ2) is 6.60. The number of nitrogens with one attached hydrogen (secondary N) is 2. The molecule has 1 atom stereocenters. The van der Waals surface area contributed by atoms with Crippen LogP contribution in [0.1, 0.15) is 0 Å². The molecule has 5 nitrogen and oxygen atoms in total. The Labute approximate surface area is 153 Å². The zero-order chi connectivity index (χ0) is 18.4. The number of aromatic amines is 1. The molecule has 0 saturated carbocycles. The molecule has 3 rings (SSSR count). The van der Waals surface area contributed by atoms with E-state index in [9.17, 15) is 21.8 Å². The Morgan fingerprint density at radius 2 is 1.92 bits per heavy atom. The Morgan fingerprint density at radius 1 is 1.20 bits per heavy atom. The zero-order valence-corrected chi connectivity index (χ0v) is 15.9.